The molecule has 0 spiro atoms. The van der Waals surface area contributed by atoms with Crippen LogP contribution in [-0.2, 0) is 26.5 Å². The van der Waals surface area contributed by atoms with Gasteiger partial charge in [0.25, 0.3) is 13.0 Å². The number of nitrogens with zero attached hydrogens (tertiary/aromatic N) is 7. The predicted molar refractivity (Wildman–Crippen MR) is 314 cm³/mol. The number of para-hydroxylation sites is 5. The molecule has 10 aromatic carbocycles. The van der Waals surface area contributed by atoms with Crippen LogP contribution in [0.1, 0.15) is 25.0 Å². The summed E-state index contributed by atoms with van der Waals surface area (Å²) in [5, 5.41) is 2.16. The second kappa shape index (κ2) is 17.0. The van der Waals surface area contributed by atoms with E-state index in [0.29, 0.717) is 11.5 Å². The number of hydrogen-bond acceptors (Lipinski definition) is 5. The van der Waals surface area contributed by atoms with Crippen molar-refractivity contribution in [3.05, 3.63) is 260 Å². The molecule has 4 aliphatic rings. The summed E-state index contributed by atoms with van der Waals surface area (Å²) in [4.78, 5) is 12.7. The maximum Gasteiger partial charge on any atom is 0.268 e. The Labute approximate surface area is 471 Å². The van der Waals surface area contributed by atoms with Crippen LogP contribution >= 0.6 is 0 Å². The zero-order chi connectivity index (χ0) is 51.4. The van der Waals surface area contributed by atoms with Crippen LogP contribution in [0.3, 0.4) is 0 Å². The third-order valence-corrected chi connectivity index (χ3v) is 16.6. The van der Waals surface area contributed by atoms with Crippen LogP contribution in [0.4, 0.5) is 51.2 Å². The fourth-order valence-electron chi connectivity index (χ4n) is 13.4. The molecule has 8 nitrogen and oxygen atoms in total. The zero-order valence-electron chi connectivity index (χ0n) is 42.9. The van der Waals surface area contributed by atoms with Crippen molar-refractivity contribution in [2.24, 2.45) is 0 Å². The van der Waals surface area contributed by atoms with Crippen molar-refractivity contribution in [1.82, 2.24) is 14.1 Å². The number of benzene rings is 10. The molecule has 0 saturated carbocycles. The van der Waals surface area contributed by atoms with Gasteiger partial charge in [0.2, 0.25) is 0 Å². The third kappa shape index (κ3) is 6.36. The number of pyridine rings is 1. The number of fused-ring (bicyclic) bond motifs is 6. The van der Waals surface area contributed by atoms with Crippen molar-refractivity contribution in [2.75, 3.05) is 14.7 Å². The minimum absolute atomic E-state index is 0. The van der Waals surface area contributed by atoms with Crippen molar-refractivity contribution >= 4 is 107 Å². The summed E-state index contributed by atoms with van der Waals surface area (Å²) in [6, 6.07) is 87.7. The maximum absolute atomic E-state index is 6.90. The van der Waals surface area contributed by atoms with Gasteiger partial charge in [-0.1, -0.05) is 123 Å². The quantitative estimate of drug-likeness (QED) is 0.0904. The molecule has 376 valence electrons. The first kappa shape index (κ1) is 45.7. The third-order valence-electron chi connectivity index (χ3n) is 16.6. The first-order chi connectivity index (χ1) is 38.5. The molecule has 0 amide bonds. The van der Waals surface area contributed by atoms with Gasteiger partial charge in [0.1, 0.15) is 5.65 Å². The van der Waals surface area contributed by atoms with Crippen LogP contribution < -0.4 is 40.4 Å². The molecule has 0 aliphatic carbocycles. The average Bonchev–Trinajstić information content (AvgIpc) is 2.37. The van der Waals surface area contributed by atoms with Gasteiger partial charge < -0.3 is 28.6 Å². The van der Waals surface area contributed by atoms with Crippen molar-refractivity contribution < 1.29 is 30.4 Å². The summed E-state index contributed by atoms with van der Waals surface area (Å²) in [5.41, 5.74) is 22.9. The van der Waals surface area contributed by atoms with E-state index < -0.39 is 0 Å². The van der Waals surface area contributed by atoms with Crippen LogP contribution in [0, 0.1) is 18.5 Å². The van der Waals surface area contributed by atoms with Crippen LogP contribution in [0.25, 0.3) is 50.0 Å². The Hall–Kier alpha value is -9.43. The molecule has 17 rings (SSSR count). The SMILES string of the molecule is CC1(C)c2ccc(Oc3[c-]c(-n4c5cc6c7c(c5c5cccnc54)N(c4ccccc4)c4cccc5c4B7c4c(cccc4N6c4ccccc4)N5c4ccccc4)ccc3)[c-]c2-n2[c-][n+](-c3ccccc3)c3cccc1c32.[Pt]. The second-order valence-corrected chi connectivity index (χ2v) is 21.1. The molecular formula is C69H44BN7OPt-2. The van der Waals surface area contributed by atoms with Gasteiger partial charge in [0, 0.05) is 95.0 Å². The molecule has 0 fully saturated rings. The molecule has 79 heavy (non-hydrogen) atoms. The molecule has 0 bridgehead atoms. The Balaban J connectivity index is 0.00000520. The van der Waals surface area contributed by atoms with Crippen LogP contribution in [0.2, 0.25) is 0 Å². The first-order valence-corrected chi connectivity index (χ1v) is 26.6. The van der Waals surface area contributed by atoms with Crippen LogP contribution in [0.5, 0.6) is 11.5 Å². The molecular weight excluding hydrogens is 1150 g/mol. The molecule has 0 atom stereocenters. The van der Waals surface area contributed by atoms with Gasteiger partial charge in [0.05, 0.1) is 27.9 Å². The Morgan fingerprint density at radius 1 is 0.519 bits per heavy atom. The number of aromatic nitrogens is 4. The monoisotopic (exact) mass is 1190 g/mol. The summed E-state index contributed by atoms with van der Waals surface area (Å²) in [6.45, 7) is 4.50. The van der Waals surface area contributed by atoms with Gasteiger partial charge in [0.15, 0.2) is 0 Å². The van der Waals surface area contributed by atoms with Gasteiger partial charge in [-0.2, -0.15) is 12.1 Å². The molecule has 0 radical (unpaired) electrons. The molecule has 0 unspecified atom stereocenters. The van der Waals surface area contributed by atoms with E-state index in [1.165, 1.54) is 33.3 Å². The number of hydrogen-bond donors (Lipinski definition) is 0. The van der Waals surface area contributed by atoms with Gasteiger partial charge in [-0.15, -0.1) is 35.9 Å². The largest absolute Gasteiger partial charge is 0.510 e. The normalized spacial score (nSPS) is 13.8. The molecule has 10 heteroatoms. The summed E-state index contributed by atoms with van der Waals surface area (Å²) >= 11 is 0. The molecule has 13 aromatic rings. The standard InChI is InChI=1S/C69H44BN7O.Pt/c1-69(2)52-38-37-50(41-59(52)73-43-72(44-20-7-3-8-21-44)58-36-16-31-53(69)66(58)73)78-49-29-15-28-48(40-49)77-60-42-61-65-67(62(60)51-30-19-39-71-68(51)77)76(47-26-13-6-14-27-47)57-35-18-33-55-64(57)70(65)63-54(74(55)45-22-9-4-10-23-45)32-17-34-56(63)75(61)46-24-11-5-12-25-46;/h3-39,42H,1-2H3;/q-2;. The van der Waals surface area contributed by atoms with Crippen LogP contribution in [-0.4, -0.2) is 20.8 Å². The molecule has 4 aliphatic heterocycles. The Bertz CT molecular complexity index is 4640. The number of anilines is 9. The van der Waals surface area contributed by atoms with Gasteiger partial charge >= 0.3 is 0 Å². The predicted octanol–water partition coefficient (Wildman–Crippen LogP) is 14.1. The molecule has 0 N–H and O–H groups in total. The van der Waals surface area contributed by atoms with Gasteiger partial charge in [-0.25, -0.2) is 4.98 Å². The van der Waals surface area contributed by atoms with Crippen molar-refractivity contribution in [3.8, 4) is 28.6 Å². The zero-order valence-corrected chi connectivity index (χ0v) is 45.1. The van der Waals surface area contributed by atoms with E-state index in [2.05, 4.69) is 267 Å². The van der Waals surface area contributed by atoms with Crippen molar-refractivity contribution in [3.63, 3.8) is 0 Å². The molecule has 0 saturated heterocycles. The topological polar surface area (TPSA) is 45.6 Å². The van der Waals surface area contributed by atoms with Crippen LogP contribution in [0.15, 0.2) is 231 Å². The molecule has 3 aromatic heterocycles. The van der Waals surface area contributed by atoms with E-state index >= 15 is 0 Å². The number of rotatable bonds is 7. The summed E-state index contributed by atoms with van der Waals surface area (Å²) in [6.07, 6.45) is 5.60. The first-order valence-electron chi connectivity index (χ1n) is 26.6. The van der Waals surface area contributed by atoms with Crippen molar-refractivity contribution in [2.45, 2.75) is 19.3 Å². The van der Waals surface area contributed by atoms with Crippen molar-refractivity contribution in [1.29, 1.82) is 0 Å². The van der Waals surface area contributed by atoms with Gasteiger partial charge in [-0.3, -0.25) is 4.57 Å². The second-order valence-electron chi connectivity index (χ2n) is 21.1. The summed E-state index contributed by atoms with van der Waals surface area (Å²) in [7, 11) is 0. The van der Waals surface area contributed by atoms with E-state index in [1.807, 2.05) is 24.4 Å². The smallest absolute Gasteiger partial charge is 0.268 e. The Kier molecular flexibility index (Phi) is 9.86. The number of ether oxygens (including phenoxy) is 1. The van der Waals surface area contributed by atoms with E-state index in [0.717, 1.165) is 95.4 Å². The Morgan fingerprint density at radius 3 is 1.77 bits per heavy atom. The molecule has 7 heterocycles. The van der Waals surface area contributed by atoms with E-state index in [9.17, 15) is 0 Å². The minimum Gasteiger partial charge on any atom is -0.510 e. The van der Waals surface area contributed by atoms with E-state index in [1.54, 1.807) is 0 Å². The fraction of sp³-hybridized carbons (Fsp3) is 0.0435. The fourth-order valence-corrected chi connectivity index (χ4v) is 13.4. The Morgan fingerprint density at radius 2 is 1.10 bits per heavy atom. The average molecular weight is 1190 g/mol. The van der Waals surface area contributed by atoms with E-state index in [-0.39, 0.29) is 33.2 Å². The summed E-state index contributed by atoms with van der Waals surface area (Å²) in [5.74, 6) is 1.15. The van der Waals surface area contributed by atoms with E-state index in [4.69, 9.17) is 9.72 Å². The number of imidazole rings is 1. The van der Waals surface area contributed by atoms with Gasteiger partial charge in [-0.05, 0) is 124 Å². The summed E-state index contributed by atoms with van der Waals surface area (Å²) < 4.78 is 13.5. The maximum atomic E-state index is 6.90. The minimum atomic E-state index is -0.297.